The molecule has 0 fully saturated rings. The Bertz CT molecular complexity index is 625. The van der Waals surface area contributed by atoms with E-state index >= 15 is 0 Å². The van der Waals surface area contributed by atoms with Gasteiger partial charge in [0, 0.05) is 18.7 Å². The van der Waals surface area contributed by atoms with E-state index in [4.69, 9.17) is 0 Å². The number of carbonyl (C=O) groups excluding carboxylic acids is 1. The first-order valence-corrected chi connectivity index (χ1v) is 6.22. The van der Waals surface area contributed by atoms with Crippen LogP contribution in [0, 0.1) is 6.92 Å². The molecule has 0 saturated heterocycles. The van der Waals surface area contributed by atoms with Gasteiger partial charge in [-0.2, -0.15) is 0 Å². The van der Waals surface area contributed by atoms with Crippen LogP contribution >= 0.6 is 0 Å². The molecule has 2 N–H and O–H groups in total. The third-order valence-corrected chi connectivity index (χ3v) is 3.05. The van der Waals surface area contributed by atoms with Gasteiger partial charge in [0.15, 0.2) is 5.82 Å². The van der Waals surface area contributed by atoms with Crippen molar-refractivity contribution in [3.63, 3.8) is 0 Å². The number of amides is 1. The second-order valence-corrected chi connectivity index (χ2v) is 4.40. The monoisotopic (exact) mass is 254 g/mol. The molecule has 0 saturated carbocycles. The molecule has 2 heterocycles. The number of nitrogens with zero attached hydrogens (tertiary/aromatic N) is 2. The Morgan fingerprint density at radius 1 is 1.05 bits per heavy atom. The number of carbonyl (C=O) groups is 1. The molecule has 96 valence electrons. The van der Waals surface area contributed by atoms with Crippen LogP contribution in [0.15, 0.2) is 30.3 Å². The highest BCUT2D eigenvalue weighted by molar-refractivity contribution is 6.00. The molecule has 1 aliphatic heterocycles. The molecule has 5 nitrogen and oxygen atoms in total. The van der Waals surface area contributed by atoms with Crippen molar-refractivity contribution < 1.29 is 4.79 Å². The van der Waals surface area contributed by atoms with E-state index in [9.17, 15) is 4.79 Å². The van der Waals surface area contributed by atoms with E-state index in [-0.39, 0.29) is 5.91 Å². The van der Waals surface area contributed by atoms with Crippen LogP contribution in [0.3, 0.4) is 0 Å². The predicted molar refractivity (Wildman–Crippen MR) is 73.0 cm³/mol. The molecule has 0 aliphatic carbocycles. The Morgan fingerprint density at radius 2 is 1.79 bits per heavy atom. The highest BCUT2D eigenvalue weighted by Gasteiger charge is 2.20. The van der Waals surface area contributed by atoms with Gasteiger partial charge in [0.25, 0.3) is 5.91 Å². The van der Waals surface area contributed by atoms with Gasteiger partial charge >= 0.3 is 0 Å². The summed E-state index contributed by atoms with van der Waals surface area (Å²) in [6.07, 6.45) is 0. The Labute approximate surface area is 111 Å². The molecule has 5 heteroatoms. The predicted octanol–water partition coefficient (Wildman–Crippen LogP) is 1.61. The zero-order valence-corrected chi connectivity index (χ0v) is 10.6. The zero-order chi connectivity index (χ0) is 13.2. The van der Waals surface area contributed by atoms with Crippen molar-refractivity contribution in [2.24, 2.45) is 0 Å². The maximum atomic E-state index is 11.9. The normalized spacial score (nSPS) is 14.1. The summed E-state index contributed by atoms with van der Waals surface area (Å²) >= 11 is 0. The average Bonchev–Trinajstić information content (AvgIpc) is 2.62. The number of hydrogen-bond donors (Lipinski definition) is 2. The van der Waals surface area contributed by atoms with Crippen molar-refractivity contribution in [1.29, 1.82) is 0 Å². The molecule has 3 rings (SSSR count). The zero-order valence-electron chi connectivity index (χ0n) is 10.6. The average molecular weight is 254 g/mol. The van der Waals surface area contributed by atoms with Gasteiger partial charge < -0.3 is 10.6 Å². The van der Waals surface area contributed by atoms with E-state index in [1.807, 2.05) is 37.3 Å². The van der Waals surface area contributed by atoms with Crippen molar-refractivity contribution in [1.82, 2.24) is 15.3 Å². The summed E-state index contributed by atoms with van der Waals surface area (Å²) in [5, 5.41) is 5.99. The first kappa shape index (κ1) is 11.6. The van der Waals surface area contributed by atoms with Crippen molar-refractivity contribution in [3.05, 3.63) is 41.6 Å². The van der Waals surface area contributed by atoms with E-state index < -0.39 is 0 Å². The Hall–Kier alpha value is -2.43. The molecule has 0 atom stereocenters. The topological polar surface area (TPSA) is 66.9 Å². The van der Waals surface area contributed by atoms with Gasteiger partial charge in [-0.15, -0.1) is 0 Å². The van der Waals surface area contributed by atoms with E-state index in [1.54, 1.807) is 0 Å². The lowest BCUT2D eigenvalue weighted by Gasteiger charge is -2.10. The fraction of sp³-hybridized carbons (Fsp3) is 0.214. The minimum atomic E-state index is -0.114. The molecule has 2 aromatic rings. The highest BCUT2D eigenvalue weighted by Crippen LogP contribution is 2.22. The summed E-state index contributed by atoms with van der Waals surface area (Å²) in [5.74, 6) is 1.14. The maximum Gasteiger partial charge on any atom is 0.256 e. The Kier molecular flexibility index (Phi) is 2.87. The molecule has 0 spiro atoms. The first-order chi connectivity index (χ1) is 9.25. The van der Waals surface area contributed by atoms with Crippen LogP contribution in [0.1, 0.15) is 16.1 Å². The number of aryl methyl sites for hydroxylation is 1. The fourth-order valence-corrected chi connectivity index (χ4v) is 2.13. The third kappa shape index (κ3) is 2.14. The van der Waals surface area contributed by atoms with Crippen molar-refractivity contribution in [3.8, 4) is 11.4 Å². The van der Waals surface area contributed by atoms with E-state index in [0.717, 1.165) is 5.56 Å². The van der Waals surface area contributed by atoms with Gasteiger partial charge in [-0.3, -0.25) is 4.79 Å². The minimum absolute atomic E-state index is 0.114. The van der Waals surface area contributed by atoms with E-state index in [2.05, 4.69) is 20.6 Å². The van der Waals surface area contributed by atoms with Gasteiger partial charge in [0.05, 0.1) is 5.69 Å². The summed E-state index contributed by atoms with van der Waals surface area (Å²) in [6, 6.07) is 9.75. The van der Waals surface area contributed by atoms with Crippen molar-refractivity contribution >= 4 is 11.7 Å². The van der Waals surface area contributed by atoms with Crippen LogP contribution in [-0.4, -0.2) is 29.0 Å². The van der Waals surface area contributed by atoms with Crippen LogP contribution in [0.2, 0.25) is 0 Å². The van der Waals surface area contributed by atoms with E-state index in [0.29, 0.717) is 36.0 Å². The summed E-state index contributed by atoms with van der Waals surface area (Å²) in [7, 11) is 0. The number of benzene rings is 1. The molecule has 1 aromatic heterocycles. The molecular weight excluding hydrogens is 240 g/mol. The smallest absolute Gasteiger partial charge is 0.256 e. The highest BCUT2D eigenvalue weighted by atomic mass is 16.1. The van der Waals surface area contributed by atoms with Crippen molar-refractivity contribution in [2.75, 3.05) is 18.4 Å². The number of rotatable bonds is 1. The van der Waals surface area contributed by atoms with Gasteiger partial charge in [-0.25, -0.2) is 9.97 Å². The lowest BCUT2D eigenvalue weighted by Crippen LogP contribution is -2.25. The van der Waals surface area contributed by atoms with Crippen LogP contribution in [-0.2, 0) is 0 Å². The van der Waals surface area contributed by atoms with E-state index in [1.165, 1.54) is 0 Å². The molecule has 0 bridgehead atoms. The Morgan fingerprint density at radius 3 is 2.58 bits per heavy atom. The molecule has 1 aromatic carbocycles. The second kappa shape index (κ2) is 4.68. The number of hydrogen-bond acceptors (Lipinski definition) is 4. The molecule has 19 heavy (non-hydrogen) atoms. The van der Waals surface area contributed by atoms with Crippen LogP contribution in [0.25, 0.3) is 11.4 Å². The van der Waals surface area contributed by atoms with Crippen molar-refractivity contribution in [2.45, 2.75) is 6.92 Å². The summed E-state index contributed by atoms with van der Waals surface area (Å²) in [5.41, 5.74) is 2.17. The van der Waals surface area contributed by atoms with Gasteiger partial charge in [-0.05, 0) is 6.92 Å². The quantitative estimate of drug-likeness (QED) is 0.811. The number of aromatic nitrogens is 2. The molecule has 1 aliphatic rings. The standard InChI is InChI=1S/C14H14N4O/c1-9-11-13(15-7-8-16-14(11)19)18-12(17-9)10-5-3-2-4-6-10/h2-6H,7-8H2,1H3,(H,16,19)(H,15,17,18). The fourth-order valence-electron chi connectivity index (χ4n) is 2.13. The third-order valence-electron chi connectivity index (χ3n) is 3.05. The number of anilines is 1. The number of nitrogens with one attached hydrogen (secondary N) is 2. The second-order valence-electron chi connectivity index (χ2n) is 4.40. The molecular formula is C14H14N4O. The largest absolute Gasteiger partial charge is 0.368 e. The van der Waals surface area contributed by atoms with Crippen LogP contribution in [0.4, 0.5) is 5.82 Å². The van der Waals surface area contributed by atoms with Crippen LogP contribution in [0.5, 0.6) is 0 Å². The van der Waals surface area contributed by atoms with Gasteiger partial charge in [0.2, 0.25) is 0 Å². The number of fused-ring (bicyclic) bond motifs is 1. The van der Waals surface area contributed by atoms with Gasteiger partial charge in [-0.1, -0.05) is 30.3 Å². The minimum Gasteiger partial charge on any atom is -0.368 e. The van der Waals surface area contributed by atoms with Crippen LogP contribution < -0.4 is 10.6 Å². The summed E-state index contributed by atoms with van der Waals surface area (Å²) in [4.78, 5) is 20.9. The van der Waals surface area contributed by atoms with Gasteiger partial charge in [0.1, 0.15) is 11.4 Å². The first-order valence-electron chi connectivity index (χ1n) is 6.22. The summed E-state index contributed by atoms with van der Waals surface area (Å²) in [6.45, 7) is 3.10. The molecule has 1 amide bonds. The SMILES string of the molecule is Cc1nc(-c2ccccc2)nc2c1C(=O)NCCN2. The molecule has 0 radical (unpaired) electrons. The lowest BCUT2D eigenvalue weighted by atomic mass is 10.1. The summed E-state index contributed by atoms with van der Waals surface area (Å²) < 4.78 is 0. The maximum absolute atomic E-state index is 11.9. The lowest BCUT2D eigenvalue weighted by molar-refractivity contribution is 0.0957. The molecule has 0 unspecified atom stereocenters. The Balaban J connectivity index is 2.14.